The first kappa shape index (κ1) is 17.3. The van der Waals surface area contributed by atoms with Crippen LogP contribution in [-0.4, -0.2) is 54.6 Å². The molecule has 1 rings (SSSR count). The van der Waals surface area contributed by atoms with Crippen molar-refractivity contribution in [3.05, 3.63) is 0 Å². The smallest absolute Gasteiger partial charge is 0.340 e. The molecule has 118 valence electrons. The molecule has 1 heterocycles. The highest BCUT2D eigenvalue weighted by molar-refractivity contribution is 5.78. The second-order valence-corrected chi connectivity index (χ2v) is 5.49. The normalized spacial score (nSPS) is 17.8. The number of alkyl halides is 3. The summed E-state index contributed by atoms with van der Waals surface area (Å²) in [4.78, 5) is 15.5. The summed E-state index contributed by atoms with van der Waals surface area (Å²) in [6.07, 6.45) is -0.487. The van der Waals surface area contributed by atoms with Crippen LogP contribution in [0.1, 0.15) is 39.5 Å². The quantitative estimate of drug-likeness (QED) is 0.752. The van der Waals surface area contributed by atoms with Gasteiger partial charge in [-0.3, -0.25) is 9.69 Å². The molecule has 0 aromatic heterocycles. The number of hydrogen-bond acceptors (Lipinski definition) is 2. The second kappa shape index (κ2) is 7.86. The molecule has 0 N–H and O–H groups in total. The summed E-state index contributed by atoms with van der Waals surface area (Å²) in [5, 5.41) is 0. The van der Waals surface area contributed by atoms with Crippen molar-refractivity contribution in [2.45, 2.75) is 45.7 Å². The molecule has 0 unspecified atom stereocenters. The lowest BCUT2D eigenvalue weighted by Crippen LogP contribution is -2.52. The van der Waals surface area contributed by atoms with Gasteiger partial charge in [0.25, 0.3) is 0 Å². The fourth-order valence-electron chi connectivity index (χ4n) is 2.73. The van der Waals surface area contributed by atoms with Crippen LogP contribution in [0.4, 0.5) is 13.2 Å². The number of hydrogen-bond donors (Lipinski definition) is 0. The monoisotopic (exact) mass is 294 g/mol. The van der Waals surface area contributed by atoms with Crippen molar-refractivity contribution in [3.8, 4) is 0 Å². The highest BCUT2D eigenvalue weighted by atomic mass is 19.4. The van der Waals surface area contributed by atoms with Crippen LogP contribution in [-0.2, 0) is 4.79 Å². The molecule has 0 radical (unpaired) electrons. The van der Waals surface area contributed by atoms with Crippen molar-refractivity contribution in [1.29, 1.82) is 0 Å². The lowest BCUT2D eigenvalue weighted by Gasteiger charge is -2.36. The lowest BCUT2D eigenvalue weighted by molar-refractivity contribution is -0.152. The summed E-state index contributed by atoms with van der Waals surface area (Å²) in [5.41, 5.74) is 0. The van der Waals surface area contributed by atoms with Gasteiger partial charge in [0, 0.05) is 32.1 Å². The Balaban J connectivity index is 2.45. The van der Waals surface area contributed by atoms with Crippen LogP contribution < -0.4 is 0 Å². The molecule has 1 amide bonds. The van der Waals surface area contributed by atoms with Crippen molar-refractivity contribution >= 4 is 5.91 Å². The number of carbonyl (C=O) groups is 1. The van der Waals surface area contributed by atoms with Gasteiger partial charge in [0.1, 0.15) is 0 Å². The molecule has 0 aromatic carbocycles. The third-order valence-electron chi connectivity index (χ3n) is 3.71. The fraction of sp³-hybridized carbons (Fsp3) is 0.929. The van der Waals surface area contributed by atoms with E-state index in [4.69, 9.17) is 0 Å². The molecule has 1 fully saturated rings. The van der Waals surface area contributed by atoms with Crippen LogP contribution in [0, 0.1) is 5.92 Å². The first-order valence-corrected chi connectivity index (χ1v) is 7.45. The Morgan fingerprint density at radius 3 is 1.95 bits per heavy atom. The molecular formula is C14H25F3N2O. The second-order valence-electron chi connectivity index (χ2n) is 5.49. The summed E-state index contributed by atoms with van der Waals surface area (Å²) in [6.45, 7) is 4.70. The largest absolute Gasteiger partial charge is 0.401 e. The highest BCUT2D eigenvalue weighted by Crippen LogP contribution is 2.20. The van der Waals surface area contributed by atoms with E-state index in [1.54, 1.807) is 4.90 Å². The van der Waals surface area contributed by atoms with Gasteiger partial charge < -0.3 is 4.90 Å². The van der Waals surface area contributed by atoms with E-state index in [0.29, 0.717) is 26.2 Å². The number of piperazine rings is 1. The standard InChI is InChI=1S/C14H25F3N2O/c1-3-5-12(6-4-2)13(20)19-9-7-18(8-10-19)11-14(15,16)17/h12H,3-11H2,1-2H3. The molecule has 1 saturated heterocycles. The number of carbonyl (C=O) groups excluding carboxylic acids is 1. The molecule has 3 nitrogen and oxygen atoms in total. The SMILES string of the molecule is CCCC(CCC)C(=O)N1CCN(CC(F)(F)F)CC1. The minimum atomic E-state index is -4.15. The first-order chi connectivity index (χ1) is 9.37. The minimum Gasteiger partial charge on any atom is -0.340 e. The van der Waals surface area contributed by atoms with Crippen LogP contribution in [0.5, 0.6) is 0 Å². The van der Waals surface area contributed by atoms with Crippen molar-refractivity contribution in [1.82, 2.24) is 9.80 Å². The molecule has 0 saturated carbocycles. The Bertz CT molecular complexity index is 293. The van der Waals surface area contributed by atoms with Crippen molar-refractivity contribution in [3.63, 3.8) is 0 Å². The molecule has 0 spiro atoms. The van der Waals surface area contributed by atoms with E-state index in [1.165, 1.54) is 4.90 Å². The van der Waals surface area contributed by atoms with Crippen LogP contribution in [0.25, 0.3) is 0 Å². The summed E-state index contributed by atoms with van der Waals surface area (Å²) in [6, 6.07) is 0. The van der Waals surface area contributed by atoms with Crippen LogP contribution in [0.15, 0.2) is 0 Å². The molecule has 0 atom stereocenters. The van der Waals surface area contributed by atoms with Gasteiger partial charge in [0.2, 0.25) is 5.91 Å². The summed E-state index contributed by atoms with van der Waals surface area (Å²) >= 11 is 0. The lowest BCUT2D eigenvalue weighted by atomic mass is 9.96. The highest BCUT2D eigenvalue weighted by Gasteiger charge is 2.33. The van der Waals surface area contributed by atoms with E-state index in [-0.39, 0.29) is 11.8 Å². The summed E-state index contributed by atoms with van der Waals surface area (Å²) < 4.78 is 36.9. The van der Waals surface area contributed by atoms with E-state index in [9.17, 15) is 18.0 Å². The Kier molecular flexibility index (Phi) is 6.79. The van der Waals surface area contributed by atoms with Crippen molar-refractivity contribution in [2.24, 2.45) is 5.92 Å². The summed E-state index contributed by atoms with van der Waals surface area (Å²) in [7, 11) is 0. The maximum absolute atomic E-state index is 12.4. The van der Waals surface area contributed by atoms with Gasteiger partial charge in [-0.25, -0.2) is 0 Å². The van der Waals surface area contributed by atoms with E-state index in [2.05, 4.69) is 13.8 Å². The van der Waals surface area contributed by atoms with Crippen molar-refractivity contribution < 1.29 is 18.0 Å². The number of halogens is 3. The number of nitrogens with zero attached hydrogens (tertiary/aromatic N) is 2. The molecule has 20 heavy (non-hydrogen) atoms. The maximum Gasteiger partial charge on any atom is 0.401 e. The van der Waals surface area contributed by atoms with Gasteiger partial charge in [-0.2, -0.15) is 13.2 Å². The van der Waals surface area contributed by atoms with Crippen LogP contribution >= 0.6 is 0 Å². The van der Waals surface area contributed by atoms with Gasteiger partial charge in [-0.05, 0) is 12.8 Å². The van der Waals surface area contributed by atoms with E-state index < -0.39 is 12.7 Å². The van der Waals surface area contributed by atoms with Gasteiger partial charge in [0.15, 0.2) is 0 Å². The van der Waals surface area contributed by atoms with Crippen LogP contribution in [0.2, 0.25) is 0 Å². The third-order valence-corrected chi connectivity index (χ3v) is 3.71. The predicted molar refractivity (Wildman–Crippen MR) is 72.4 cm³/mol. The predicted octanol–water partition coefficient (Wildman–Crippen LogP) is 2.91. The molecule has 1 aliphatic heterocycles. The third kappa shape index (κ3) is 5.69. The van der Waals surface area contributed by atoms with Crippen molar-refractivity contribution in [2.75, 3.05) is 32.7 Å². The Morgan fingerprint density at radius 1 is 1.05 bits per heavy atom. The molecule has 0 bridgehead atoms. The average molecular weight is 294 g/mol. The van der Waals surface area contributed by atoms with E-state index in [1.807, 2.05) is 0 Å². The zero-order chi connectivity index (χ0) is 15.2. The zero-order valence-corrected chi connectivity index (χ0v) is 12.4. The molecule has 0 aliphatic carbocycles. The van der Waals surface area contributed by atoms with E-state index >= 15 is 0 Å². The fourth-order valence-corrected chi connectivity index (χ4v) is 2.73. The Hall–Kier alpha value is -0.780. The number of rotatable bonds is 6. The Morgan fingerprint density at radius 2 is 1.55 bits per heavy atom. The van der Waals surface area contributed by atoms with Gasteiger partial charge >= 0.3 is 6.18 Å². The molecular weight excluding hydrogens is 269 g/mol. The maximum atomic E-state index is 12.4. The summed E-state index contributed by atoms with van der Waals surface area (Å²) in [5.74, 6) is 0.166. The number of amides is 1. The first-order valence-electron chi connectivity index (χ1n) is 7.45. The zero-order valence-electron chi connectivity index (χ0n) is 12.4. The van der Waals surface area contributed by atoms with Gasteiger partial charge in [-0.15, -0.1) is 0 Å². The molecule has 0 aromatic rings. The topological polar surface area (TPSA) is 23.6 Å². The average Bonchev–Trinajstić information content (AvgIpc) is 2.37. The van der Waals surface area contributed by atoms with E-state index in [0.717, 1.165) is 25.7 Å². The van der Waals surface area contributed by atoms with Crippen LogP contribution in [0.3, 0.4) is 0 Å². The molecule has 6 heteroatoms. The Labute approximate surface area is 119 Å². The minimum absolute atomic E-state index is 0.0409. The van der Waals surface area contributed by atoms with Gasteiger partial charge in [0.05, 0.1) is 6.54 Å². The van der Waals surface area contributed by atoms with Gasteiger partial charge in [-0.1, -0.05) is 26.7 Å². The molecule has 1 aliphatic rings.